The molecule has 1 atom stereocenters. The maximum Gasteiger partial charge on any atom is 0.161 e. The zero-order chi connectivity index (χ0) is 10.6. The summed E-state index contributed by atoms with van der Waals surface area (Å²) in [7, 11) is 3.22. The summed E-state index contributed by atoms with van der Waals surface area (Å²) in [5, 5.41) is 0.0369. The van der Waals surface area contributed by atoms with Gasteiger partial charge in [-0.2, -0.15) is 12.6 Å². The molecule has 0 fully saturated rings. The minimum Gasteiger partial charge on any atom is -0.493 e. The van der Waals surface area contributed by atoms with Crippen molar-refractivity contribution in [3.05, 3.63) is 23.8 Å². The van der Waals surface area contributed by atoms with Gasteiger partial charge >= 0.3 is 0 Å². The molecule has 1 aromatic carbocycles. The molecular weight excluding hydrogens is 198 g/mol. The fourth-order valence-corrected chi connectivity index (χ4v) is 1.36. The first kappa shape index (κ1) is 11.2. The molecule has 78 valence electrons. The lowest BCUT2D eigenvalue weighted by Crippen LogP contribution is -2.07. The van der Waals surface area contributed by atoms with Crippen LogP contribution in [0.1, 0.15) is 10.8 Å². The molecule has 1 rings (SSSR count). The quantitative estimate of drug-likeness (QED) is 0.747. The summed E-state index contributed by atoms with van der Waals surface area (Å²) in [6.07, 6.45) is 0. The topological polar surface area (TPSA) is 44.5 Å². The van der Waals surface area contributed by atoms with Gasteiger partial charge in [0, 0.05) is 11.8 Å². The molecule has 2 N–H and O–H groups in total. The molecule has 1 aromatic rings. The lowest BCUT2D eigenvalue weighted by Gasteiger charge is -2.12. The van der Waals surface area contributed by atoms with Crippen LogP contribution >= 0.6 is 12.6 Å². The molecular formula is C10H15NO2S. The Morgan fingerprint density at radius 3 is 2.43 bits per heavy atom. The zero-order valence-corrected chi connectivity index (χ0v) is 9.25. The normalized spacial score (nSPS) is 12.3. The van der Waals surface area contributed by atoms with Crippen LogP contribution < -0.4 is 15.2 Å². The van der Waals surface area contributed by atoms with E-state index in [2.05, 4.69) is 12.6 Å². The van der Waals surface area contributed by atoms with Crippen LogP contribution in [0.3, 0.4) is 0 Å². The maximum atomic E-state index is 5.52. The van der Waals surface area contributed by atoms with Crippen molar-refractivity contribution in [2.45, 2.75) is 5.25 Å². The Balaban J connectivity index is 3.01. The minimum absolute atomic E-state index is 0.0369. The molecule has 0 aromatic heterocycles. The molecule has 1 unspecified atom stereocenters. The molecule has 0 radical (unpaired) electrons. The average molecular weight is 213 g/mol. The smallest absolute Gasteiger partial charge is 0.161 e. The van der Waals surface area contributed by atoms with Crippen LogP contribution in [0, 0.1) is 0 Å². The lowest BCUT2D eigenvalue weighted by atomic mass is 10.1. The third-order valence-corrected chi connectivity index (χ3v) is 2.52. The van der Waals surface area contributed by atoms with Gasteiger partial charge in [-0.3, -0.25) is 0 Å². The first-order chi connectivity index (χ1) is 6.72. The third kappa shape index (κ3) is 2.33. The number of hydrogen-bond donors (Lipinski definition) is 2. The maximum absolute atomic E-state index is 5.52. The molecule has 0 heterocycles. The molecule has 0 bridgehead atoms. The number of benzene rings is 1. The molecule has 4 heteroatoms. The molecule has 0 saturated carbocycles. The van der Waals surface area contributed by atoms with E-state index in [-0.39, 0.29) is 5.25 Å². The van der Waals surface area contributed by atoms with Crippen LogP contribution in [-0.4, -0.2) is 20.8 Å². The number of nitrogens with two attached hydrogens (primary N) is 1. The van der Waals surface area contributed by atoms with Gasteiger partial charge in [0.15, 0.2) is 11.5 Å². The second kappa shape index (κ2) is 5.12. The molecule has 14 heavy (non-hydrogen) atoms. The first-order valence-corrected chi connectivity index (χ1v) is 4.84. The van der Waals surface area contributed by atoms with Crippen LogP contribution in [0.4, 0.5) is 0 Å². The number of methoxy groups -OCH3 is 2. The van der Waals surface area contributed by atoms with Crippen LogP contribution in [0.5, 0.6) is 11.5 Å². The number of hydrogen-bond acceptors (Lipinski definition) is 4. The predicted molar refractivity (Wildman–Crippen MR) is 60.3 cm³/mol. The highest BCUT2D eigenvalue weighted by atomic mass is 32.1. The highest BCUT2D eigenvalue weighted by Crippen LogP contribution is 2.31. The second-order valence-electron chi connectivity index (χ2n) is 2.87. The predicted octanol–water partition coefficient (Wildman–Crippen LogP) is 1.63. The van der Waals surface area contributed by atoms with Crippen molar-refractivity contribution >= 4 is 12.6 Å². The van der Waals surface area contributed by atoms with Gasteiger partial charge in [0.25, 0.3) is 0 Å². The highest BCUT2D eigenvalue weighted by molar-refractivity contribution is 7.80. The van der Waals surface area contributed by atoms with Crippen molar-refractivity contribution in [2.75, 3.05) is 20.8 Å². The summed E-state index contributed by atoms with van der Waals surface area (Å²) in [6, 6.07) is 5.68. The van der Waals surface area contributed by atoms with Gasteiger partial charge < -0.3 is 15.2 Å². The van der Waals surface area contributed by atoms with E-state index in [1.807, 2.05) is 18.2 Å². The van der Waals surface area contributed by atoms with Gasteiger partial charge in [-0.25, -0.2) is 0 Å². The van der Waals surface area contributed by atoms with E-state index in [1.54, 1.807) is 14.2 Å². The zero-order valence-electron chi connectivity index (χ0n) is 8.36. The Labute approximate surface area is 89.6 Å². The monoisotopic (exact) mass is 213 g/mol. The Kier molecular flexibility index (Phi) is 4.10. The van der Waals surface area contributed by atoms with E-state index in [4.69, 9.17) is 15.2 Å². The Morgan fingerprint density at radius 2 is 1.93 bits per heavy atom. The van der Waals surface area contributed by atoms with Crippen LogP contribution in [-0.2, 0) is 0 Å². The van der Waals surface area contributed by atoms with E-state index in [0.717, 1.165) is 5.56 Å². The molecule has 0 amide bonds. The van der Waals surface area contributed by atoms with E-state index in [9.17, 15) is 0 Å². The lowest BCUT2D eigenvalue weighted by molar-refractivity contribution is 0.354. The fourth-order valence-electron chi connectivity index (χ4n) is 1.20. The molecule has 3 nitrogen and oxygen atoms in total. The number of rotatable bonds is 4. The van der Waals surface area contributed by atoms with E-state index in [1.165, 1.54) is 0 Å². The van der Waals surface area contributed by atoms with Crippen molar-refractivity contribution < 1.29 is 9.47 Å². The molecule has 0 saturated heterocycles. The Morgan fingerprint density at radius 1 is 1.29 bits per heavy atom. The van der Waals surface area contributed by atoms with E-state index < -0.39 is 0 Å². The van der Waals surface area contributed by atoms with Crippen molar-refractivity contribution in [1.82, 2.24) is 0 Å². The molecule has 0 aliphatic heterocycles. The summed E-state index contributed by atoms with van der Waals surface area (Å²) in [4.78, 5) is 0. The summed E-state index contributed by atoms with van der Waals surface area (Å²) in [5.41, 5.74) is 6.55. The third-order valence-electron chi connectivity index (χ3n) is 2.02. The van der Waals surface area contributed by atoms with Crippen LogP contribution in [0.2, 0.25) is 0 Å². The first-order valence-electron chi connectivity index (χ1n) is 4.33. The van der Waals surface area contributed by atoms with E-state index >= 15 is 0 Å². The van der Waals surface area contributed by atoms with E-state index in [0.29, 0.717) is 18.0 Å². The van der Waals surface area contributed by atoms with Gasteiger partial charge in [-0.1, -0.05) is 6.07 Å². The highest BCUT2D eigenvalue weighted by Gasteiger charge is 2.08. The summed E-state index contributed by atoms with van der Waals surface area (Å²) >= 11 is 4.35. The Hall–Kier alpha value is -0.870. The van der Waals surface area contributed by atoms with Crippen molar-refractivity contribution in [1.29, 1.82) is 0 Å². The van der Waals surface area contributed by atoms with Gasteiger partial charge in [-0.05, 0) is 17.7 Å². The minimum atomic E-state index is 0.0369. The number of ether oxygens (including phenoxy) is 2. The standard InChI is InChI=1S/C10H15NO2S/c1-12-8-4-3-7(10(14)6-11)5-9(8)13-2/h3-5,10,14H,6,11H2,1-2H3. The van der Waals surface area contributed by atoms with Gasteiger partial charge in [0.1, 0.15) is 0 Å². The molecule has 0 spiro atoms. The van der Waals surface area contributed by atoms with Gasteiger partial charge in [-0.15, -0.1) is 0 Å². The fraction of sp³-hybridized carbons (Fsp3) is 0.400. The van der Waals surface area contributed by atoms with Crippen LogP contribution in [0.15, 0.2) is 18.2 Å². The van der Waals surface area contributed by atoms with Crippen molar-refractivity contribution in [2.24, 2.45) is 5.73 Å². The largest absolute Gasteiger partial charge is 0.493 e. The second-order valence-corrected chi connectivity index (χ2v) is 3.49. The van der Waals surface area contributed by atoms with Crippen molar-refractivity contribution in [3.8, 4) is 11.5 Å². The average Bonchev–Trinajstić information content (AvgIpc) is 2.26. The summed E-state index contributed by atoms with van der Waals surface area (Å²) in [6.45, 7) is 0.499. The molecule has 0 aliphatic carbocycles. The summed E-state index contributed by atoms with van der Waals surface area (Å²) in [5.74, 6) is 1.42. The van der Waals surface area contributed by atoms with Crippen LogP contribution in [0.25, 0.3) is 0 Å². The van der Waals surface area contributed by atoms with Gasteiger partial charge in [0.2, 0.25) is 0 Å². The molecule has 0 aliphatic rings. The Bertz CT molecular complexity index is 304. The SMILES string of the molecule is COc1ccc(C(S)CN)cc1OC. The summed E-state index contributed by atoms with van der Waals surface area (Å²) < 4.78 is 10.3. The number of thiol groups is 1. The van der Waals surface area contributed by atoms with Crippen molar-refractivity contribution in [3.63, 3.8) is 0 Å². The van der Waals surface area contributed by atoms with Gasteiger partial charge in [0.05, 0.1) is 14.2 Å².